The van der Waals surface area contributed by atoms with E-state index in [9.17, 15) is 0 Å². The standard InChI is InChI=1S/C19H27N5O/c1-20-19(22-14-16-8-3-4-10-21-16)23-15-17(18-9-7-13-25-18)24-11-5-2-6-12-24/h3-4,7-10,13,17H,2,5-6,11-12,14-15H2,1H3,(H2,20,22,23). The zero-order valence-electron chi connectivity index (χ0n) is 14.8. The molecule has 2 N–H and O–H groups in total. The fraction of sp³-hybridized carbons (Fsp3) is 0.474. The van der Waals surface area contributed by atoms with Gasteiger partial charge in [0.05, 0.1) is 24.5 Å². The van der Waals surface area contributed by atoms with E-state index in [0.29, 0.717) is 6.54 Å². The molecule has 6 nitrogen and oxygen atoms in total. The molecule has 0 saturated carbocycles. The largest absolute Gasteiger partial charge is 0.468 e. The highest BCUT2D eigenvalue weighted by Crippen LogP contribution is 2.24. The molecule has 2 aromatic rings. The Morgan fingerprint density at radius 3 is 2.76 bits per heavy atom. The maximum Gasteiger partial charge on any atom is 0.191 e. The van der Waals surface area contributed by atoms with E-state index in [1.165, 1.54) is 19.3 Å². The Morgan fingerprint density at radius 1 is 1.20 bits per heavy atom. The van der Waals surface area contributed by atoms with E-state index in [1.54, 1.807) is 19.5 Å². The number of guanidine groups is 1. The molecular weight excluding hydrogens is 314 g/mol. The molecule has 134 valence electrons. The summed E-state index contributed by atoms with van der Waals surface area (Å²) in [5.74, 6) is 1.79. The van der Waals surface area contributed by atoms with Crippen molar-refractivity contribution in [3.05, 3.63) is 54.2 Å². The molecular formula is C19H27N5O. The Bertz CT molecular complexity index is 635. The first kappa shape index (κ1) is 17.5. The molecule has 0 amide bonds. The van der Waals surface area contributed by atoms with Gasteiger partial charge in [0.2, 0.25) is 0 Å². The highest BCUT2D eigenvalue weighted by atomic mass is 16.3. The molecule has 0 radical (unpaired) electrons. The third-order valence-corrected chi connectivity index (χ3v) is 4.55. The first-order valence-electron chi connectivity index (χ1n) is 8.98. The second-order valence-corrected chi connectivity index (χ2v) is 6.26. The number of hydrogen-bond acceptors (Lipinski definition) is 4. The van der Waals surface area contributed by atoms with Gasteiger partial charge >= 0.3 is 0 Å². The molecule has 2 aromatic heterocycles. The second-order valence-electron chi connectivity index (χ2n) is 6.26. The fourth-order valence-corrected chi connectivity index (χ4v) is 3.21. The van der Waals surface area contributed by atoms with Gasteiger partial charge in [-0.3, -0.25) is 14.9 Å². The van der Waals surface area contributed by atoms with Gasteiger partial charge in [0.25, 0.3) is 0 Å². The molecule has 1 unspecified atom stereocenters. The lowest BCUT2D eigenvalue weighted by molar-refractivity contribution is 0.146. The number of aromatic nitrogens is 1. The number of likely N-dealkylation sites (tertiary alicyclic amines) is 1. The summed E-state index contributed by atoms with van der Waals surface area (Å²) in [6.07, 6.45) is 7.38. The van der Waals surface area contributed by atoms with Crippen molar-refractivity contribution in [2.45, 2.75) is 31.8 Å². The quantitative estimate of drug-likeness (QED) is 0.624. The van der Waals surface area contributed by atoms with Crippen molar-refractivity contribution < 1.29 is 4.42 Å². The minimum absolute atomic E-state index is 0.226. The molecule has 0 spiro atoms. The monoisotopic (exact) mass is 341 g/mol. The molecule has 1 saturated heterocycles. The van der Waals surface area contributed by atoms with Gasteiger partial charge in [0, 0.05) is 19.8 Å². The van der Waals surface area contributed by atoms with Gasteiger partial charge < -0.3 is 15.1 Å². The number of piperidine rings is 1. The number of aliphatic imine (C=N–C) groups is 1. The number of hydrogen-bond donors (Lipinski definition) is 2. The van der Waals surface area contributed by atoms with Gasteiger partial charge in [-0.25, -0.2) is 0 Å². The van der Waals surface area contributed by atoms with Crippen LogP contribution in [-0.2, 0) is 6.54 Å². The van der Waals surface area contributed by atoms with E-state index in [0.717, 1.165) is 37.0 Å². The first-order valence-corrected chi connectivity index (χ1v) is 8.98. The molecule has 0 aromatic carbocycles. The van der Waals surface area contributed by atoms with Crippen molar-refractivity contribution in [3.63, 3.8) is 0 Å². The average molecular weight is 341 g/mol. The summed E-state index contributed by atoms with van der Waals surface area (Å²) < 4.78 is 5.69. The van der Waals surface area contributed by atoms with E-state index in [4.69, 9.17) is 4.42 Å². The van der Waals surface area contributed by atoms with Crippen LogP contribution in [0.4, 0.5) is 0 Å². The van der Waals surface area contributed by atoms with E-state index < -0.39 is 0 Å². The summed E-state index contributed by atoms with van der Waals surface area (Å²) in [4.78, 5) is 11.1. The van der Waals surface area contributed by atoms with Gasteiger partial charge in [-0.2, -0.15) is 0 Å². The Hall–Kier alpha value is -2.34. The SMILES string of the molecule is CN=C(NCc1ccccn1)NCC(c1ccco1)N1CCCCC1. The predicted octanol–water partition coefficient (Wildman–Crippen LogP) is 2.57. The molecule has 0 aliphatic carbocycles. The van der Waals surface area contributed by atoms with E-state index in [2.05, 4.69) is 31.6 Å². The zero-order chi connectivity index (χ0) is 17.3. The normalized spacial score (nSPS) is 17.2. The van der Waals surface area contributed by atoms with E-state index >= 15 is 0 Å². The lowest BCUT2D eigenvalue weighted by Crippen LogP contribution is -2.44. The fourth-order valence-electron chi connectivity index (χ4n) is 3.21. The predicted molar refractivity (Wildman–Crippen MR) is 99.3 cm³/mol. The summed E-state index contributed by atoms with van der Waals surface area (Å²) in [6.45, 7) is 3.64. The van der Waals surface area contributed by atoms with E-state index in [-0.39, 0.29) is 6.04 Å². The van der Waals surface area contributed by atoms with Gasteiger partial charge in [0.15, 0.2) is 5.96 Å². The topological polar surface area (TPSA) is 65.7 Å². The van der Waals surface area contributed by atoms with Crippen LogP contribution in [0.5, 0.6) is 0 Å². The third-order valence-electron chi connectivity index (χ3n) is 4.55. The van der Waals surface area contributed by atoms with Crippen LogP contribution < -0.4 is 10.6 Å². The maximum atomic E-state index is 5.69. The van der Waals surface area contributed by atoms with E-state index in [1.807, 2.05) is 24.3 Å². The van der Waals surface area contributed by atoms with Crippen LogP contribution in [0.25, 0.3) is 0 Å². The zero-order valence-corrected chi connectivity index (χ0v) is 14.8. The van der Waals surface area contributed by atoms with Crippen molar-refractivity contribution in [2.75, 3.05) is 26.7 Å². The third kappa shape index (κ3) is 5.06. The van der Waals surface area contributed by atoms with Crippen LogP contribution in [0.2, 0.25) is 0 Å². The number of pyridine rings is 1. The molecule has 0 bridgehead atoms. The van der Waals surface area contributed by atoms with Crippen molar-refractivity contribution in [3.8, 4) is 0 Å². The Labute approximate surface area is 149 Å². The molecule has 3 heterocycles. The number of nitrogens with one attached hydrogen (secondary N) is 2. The molecule has 3 rings (SSSR count). The molecule has 1 atom stereocenters. The minimum Gasteiger partial charge on any atom is -0.468 e. The van der Waals surface area contributed by atoms with Gasteiger partial charge in [0.1, 0.15) is 5.76 Å². The summed E-state index contributed by atoms with van der Waals surface area (Å²) >= 11 is 0. The number of nitrogens with zero attached hydrogens (tertiary/aromatic N) is 3. The number of furan rings is 1. The van der Waals surface area contributed by atoms with Crippen molar-refractivity contribution >= 4 is 5.96 Å². The smallest absolute Gasteiger partial charge is 0.191 e. The van der Waals surface area contributed by atoms with Crippen LogP contribution in [-0.4, -0.2) is 42.5 Å². The minimum atomic E-state index is 0.226. The Morgan fingerprint density at radius 2 is 2.08 bits per heavy atom. The highest BCUT2D eigenvalue weighted by Gasteiger charge is 2.24. The maximum absolute atomic E-state index is 5.69. The van der Waals surface area contributed by atoms with Crippen LogP contribution in [0, 0.1) is 0 Å². The molecule has 25 heavy (non-hydrogen) atoms. The molecule has 6 heteroatoms. The second kappa shape index (κ2) is 9.22. The lowest BCUT2D eigenvalue weighted by Gasteiger charge is -2.33. The lowest BCUT2D eigenvalue weighted by atomic mass is 10.1. The first-order chi connectivity index (χ1) is 12.4. The molecule has 1 aliphatic heterocycles. The molecule has 1 aliphatic rings. The summed E-state index contributed by atoms with van der Waals surface area (Å²) in [5, 5.41) is 6.75. The Kier molecular flexibility index (Phi) is 6.45. The van der Waals surface area contributed by atoms with Crippen molar-refractivity contribution in [2.24, 2.45) is 4.99 Å². The highest BCUT2D eigenvalue weighted by molar-refractivity contribution is 5.79. The van der Waals surface area contributed by atoms with Crippen molar-refractivity contribution in [1.29, 1.82) is 0 Å². The summed E-state index contributed by atoms with van der Waals surface area (Å²) in [5.41, 5.74) is 0.990. The van der Waals surface area contributed by atoms with Crippen LogP contribution in [0.15, 0.2) is 52.2 Å². The van der Waals surface area contributed by atoms with Gasteiger partial charge in [-0.05, 0) is 50.2 Å². The summed E-state index contributed by atoms with van der Waals surface area (Å²) in [7, 11) is 1.79. The Balaban J connectivity index is 1.57. The van der Waals surface area contributed by atoms with Gasteiger partial charge in [-0.15, -0.1) is 0 Å². The van der Waals surface area contributed by atoms with Crippen molar-refractivity contribution in [1.82, 2.24) is 20.5 Å². The van der Waals surface area contributed by atoms with Gasteiger partial charge in [-0.1, -0.05) is 12.5 Å². The summed E-state index contributed by atoms with van der Waals surface area (Å²) in [6, 6.07) is 10.2. The number of rotatable bonds is 6. The average Bonchev–Trinajstić information content (AvgIpc) is 3.20. The van der Waals surface area contributed by atoms with Crippen LogP contribution in [0.3, 0.4) is 0 Å². The molecule has 1 fully saturated rings. The van der Waals surface area contributed by atoms with Crippen LogP contribution >= 0.6 is 0 Å². The van der Waals surface area contributed by atoms with Crippen LogP contribution in [0.1, 0.15) is 36.8 Å².